The van der Waals surface area contributed by atoms with Gasteiger partial charge in [-0.05, 0) is 31.2 Å². The predicted molar refractivity (Wildman–Crippen MR) is 66.5 cm³/mol. The van der Waals surface area contributed by atoms with Gasteiger partial charge in [-0.25, -0.2) is 0 Å². The fraction of sp³-hybridized carbons (Fsp3) is 0.846. The van der Waals surface area contributed by atoms with Crippen LogP contribution in [0.15, 0.2) is 4.52 Å². The molecule has 1 aromatic rings. The second-order valence-electron chi connectivity index (χ2n) is 5.16. The number of aromatic nitrogens is 2. The highest BCUT2D eigenvalue weighted by atomic mass is 16.5. The summed E-state index contributed by atoms with van der Waals surface area (Å²) in [4.78, 5) is 4.18. The van der Waals surface area contributed by atoms with Crippen LogP contribution in [0.5, 0.6) is 0 Å². The van der Waals surface area contributed by atoms with Crippen LogP contribution >= 0.6 is 0 Å². The quantitative estimate of drug-likeness (QED) is 0.855. The van der Waals surface area contributed by atoms with E-state index in [0.29, 0.717) is 5.89 Å². The molecule has 0 spiro atoms. The van der Waals surface area contributed by atoms with Crippen molar-refractivity contribution in [2.75, 3.05) is 6.54 Å². The van der Waals surface area contributed by atoms with Crippen LogP contribution in [0, 0.1) is 18.8 Å². The van der Waals surface area contributed by atoms with Gasteiger partial charge in [-0.2, -0.15) is 4.98 Å². The molecule has 1 aromatic heterocycles. The van der Waals surface area contributed by atoms with Gasteiger partial charge in [0.1, 0.15) is 0 Å². The van der Waals surface area contributed by atoms with Crippen molar-refractivity contribution in [3.8, 4) is 0 Å². The Morgan fingerprint density at radius 1 is 1.24 bits per heavy atom. The van der Waals surface area contributed by atoms with Gasteiger partial charge in [0.05, 0.1) is 6.54 Å². The molecule has 0 atom stereocenters. The van der Waals surface area contributed by atoms with Crippen LogP contribution in [0.3, 0.4) is 0 Å². The molecule has 1 saturated carbocycles. The Bertz CT molecular complexity index is 329. The van der Waals surface area contributed by atoms with Crippen molar-refractivity contribution >= 4 is 0 Å². The van der Waals surface area contributed by atoms with E-state index in [1.807, 2.05) is 6.92 Å². The average molecular weight is 237 g/mol. The van der Waals surface area contributed by atoms with Crippen LogP contribution in [-0.2, 0) is 6.54 Å². The maximum atomic E-state index is 4.93. The number of aryl methyl sites for hydroxylation is 1. The van der Waals surface area contributed by atoms with Crippen molar-refractivity contribution in [2.24, 2.45) is 11.8 Å². The first kappa shape index (κ1) is 12.6. The molecule has 2 rings (SSSR count). The zero-order chi connectivity index (χ0) is 12.1. The summed E-state index contributed by atoms with van der Waals surface area (Å²) < 4.78 is 4.93. The maximum Gasteiger partial charge on any atom is 0.223 e. The summed E-state index contributed by atoms with van der Waals surface area (Å²) in [5, 5.41) is 7.31. The summed E-state index contributed by atoms with van der Waals surface area (Å²) in [5.41, 5.74) is 0. The number of hydrogen-bond donors (Lipinski definition) is 1. The average Bonchev–Trinajstić information content (AvgIpc) is 2.76. The molecule has 0 unspecified atom stereocenters. The fourth-order valence-corrected chi connectivity index (χ4v) is 2.65. The SMILES string of the molecule is CCC1CCC(CNCc2noc(C)n2)CC1. The Labute approximate surface area is 103 Å². The molecule has 96 valence electrons. The van der Waals surface area contributed by atoms with Crippen molar-refractivity contribution in [3.05, 3.63) is 11.7 Å². The lowest BCUT2D eigenvalue weighted by Crippen LogP contribution is -2.26. The fourth-order valence-electron chi connectivity index (χ4n) is 2.65. The minimum absolute atomic E-state index is 0.644. The van der Waals surface area contributed by atoms with Crippen molar-refractivity contribution in [2.45, 2.75) is 52.5 Å². The third kappa shape index (κ3) is 3.80. The van der Waals surface area contributed by atoms with Crippen molar-refractivity contribution < 1.29 is 4.52 Å². The van der Waals surface area contributed by atoms with Crippen LogP contribution < -0.4 is 5.32 Å². The van der Waals surface area contributed by atoms with E-state index in [1.165, 1.54) is 32.1 Å². The van der Waals surface area contributed by atoms with E-state index in [2.05, 4.69) is 22.4 Å². The maximum absolute atomic E-state index is 4.93. The first-order chi connectivity index (χ1) is 8.28. The Balaban J connectivity index is 1.63. The molecule has 17 heavy (non-hydrogen) atoms. The molecular formula is C13H23N3O. The Morgan fingerprint density at radius 3 is 2.53 bits per heavy atom. The molecule has 1 heterocycles. The van der Waals surface area contributed by atoms with E-state index in [0.717, 1.165) is 30.7 Å². The minimum Gasteiger partial charge on any atom is -0.340 e. The van der Waals surface area contributed by atoms with Gasteiger partial charge < -0.3 is 9.84 Å². The summed E-state index contributed by atoms with van der Waals surface area (Å²) in [6.45, 7) is 5.94. The molecule has 1 N–H and O–H groups in total. The second kappa shape index (κ2) is 6.15. The van der Waals surface area contributed by atoms with Crippen LogP contribution in [-0.4, -0.2) is 16.7 Å². The zero-order valence-electron chi connectivity index (χ0n) is 10.9. The van der Waals surface area contributed by atoms with Crippen LogP contribution in [0.4, 0.5) is 0 Å². The Hall–Kier alpha value is -0.900. The molecule has 0 saturated heterocycles. The molecule has 1 fully saturated rings. The van der Waals surface area contributed by atoms with Gasteiger partial charge in [-0.15, -0.1) is 0 Å². The Morgan fingerprint density at radius 2 is 1.94 bits per heavy atom. The standard InChI is InChI=1S/C13H23N3O/c1-3-11-4-6-12(7-5-11)8-14-9-13-15-10(2)17-16-13/h11-12,14H,3-9H2,1-2H3. The second-order valence-corrected chi connectivity index (χ2v) is 5.16. The molecule has 0 aliphatic heterocycles. The number of nitrogens with zero attached hydrogens (tertiary/aromatic N) is 2. The van der Waals surface area contributed by atoms with Gasteiger partial charge >= 0.3 is 0 Å². The number of hydrogen-bond acceptors (Lipinski definition) is 4. The van der Waals surface area contributed by atoms with E-state index < -0.39 is 0 Å². The van der Waals surface area contributed by atoms with Crippen LogP contribution in [0.25, 0.3) is 0 Å². The van der Waals surface area contributed by atoms with Gasteiger partial charge in [-0.1, -0.05) is 31.3 Å². The highest BCUT2D eigenvalue weighted by Gasteiger charge is 2.19. The molecule has 0 amide bonds. The number of nitrogens with one attached hydrogen (secondary N) is 1. The summed E-state index contributed by atoms with van der Waals surface area (Å²) in [6, 6.07) is 0. The summed E-state index contributed by atoms with van der Waals surface area (Å²) >= 11 is 0. The van der Waals surface area contributed by atoms with Crippen LogP contribution in [0.1, 0.15) is 50.7 Å². The zero-order valence-corrected chi connectivity index (χ0v) is 10.9. The first-order valence-corrected chi connectivity index (χ1v) is 6.77. The van der Waals surface area contributed by atoms with Gasteiger partial charge in [0.15, 0.2) is 5.82 Å². The molecule has 0 bridgehead atoms. The molecule has 4 heteroatoms. The lowest BCUT2D eigenvalue weighted by molar-refractivity contribution is 0.261. The third-order valence-electron chi connectivity index (χ3n) is 3.83. The van der Waals surface area contributed by atoms with Gasteiger partial charge in [-0.3, -0.25) is 0 Å². The summed E-state index contributed by atoms with van der Waals surface area (Å²) in [7, 11) is 0. The van der Waals surface area contributed by atoms with Crippen LogP contribution in [0.2, 0.25) is 0 Å². The monoisotopic (exact) mass is 237 g/mol. The van der Waals surface area contributed by atoms with E-state index in [4.69, 9.17) is 4.52 Å². The highest BCUT2D eigenvalue weighted by Crippen LogP contribution is 2.30. The van der Waals surface area contributed by atoms with E-state index in [1.54, 1.807) is 0 Å². The normalized spacial score (nSPS) is 25.1. The number of rotatable bonds is 5. The molecule has 0 aromatic carbocycles. The minimum atomic E-state index is 0.644. The highest BCUT2D eigenvalue weighted by molar-refractivity contribution is 4.83. The molecule has 4 nitrogen and oxygen atoms in total. The summed E-state index contributed by atoms with van der Waals surface area (Å²) in [6.07, 6.45) is 6.91. The molecule has 0 radical (unpaired) electrons. The smallest absolute Gasteiger partial charge is 0.223 e. The third-order valence-corrected chi connectivity index (χ3v) is 3.83. The largest absolute Gasteiger partial charge is 0.340 e. The lowest BCUT2D eigenvalue weighted by Gasteiger charge is -2.27. The van der Waals surface area contributed by atoms with Crippen molar-refractivity contribution in [1.82, 2.24) is 15.5 Å². The molecule has 1 aliphatic rings. The van der Waals surface area contributed by atoms with Gasteiger partial charge in [0.2, 0.25) is 5.89 Å². The molecular weight excluding hydrogens is 214 g/mol. The lowest BCUT2D eigenvalue weighted by atomic mass is 9.81. The summed E-state index contributed by atoms with van der Waals surface area (Å²) in [5.74, 6) is 3.23. The van der Waals surface area contributed by atoms with Crippen molar-refractivity contribution in [3.63, 3.8) is 0 Å². The predicted octanol–water partition coefficient (Wildman–Crippen LogP) is 2.68. The van der Waals surface area contributed by atoms with E-state index in [9.17, 15) is 0 Å². The van der Waals surface area contributed by atoms with Gasteiger partial charge in [0.25, 0.3) is 0 Å². The Kier molecular flexibility index (Phi) is 4.54. The molecule has 1 aliphatic carbocycles. The topological polar surface area (TPSA) is 51.0 Å². The van der Waals surface area contributed by atoms with E-state index >= 15 is 0 Å². The van der Waals surface area contributed by atoms with Crippen molar-refractivity contribution in [1.29, 1.82) is 0 Å². The first-order valence-electron chi connectivity index (χ1n) is 6.77. The van der Waals surface area contributed by atoms with Gasteiger partial charge in [0, 0.05) is 6.92 Å². The van der Waals surface area contributed by atoms with E-state index in [-0.39, 0.29) is 0 Å².